The third-order valence-electron chi connectivity index (χ3n) is 2.47. The Morgan fingerprint density at radius 1 is 1.17 bits per heavy atom. The molecule has 0 aliphatic heterocycles. The number of ether oxygens (including phenoxy) is 1. The molecule has 0 aliphatic carbocycles. The van der Waals surface area contributed by atoms with E-state index in [4.69, 9.17) is 15.6 Å². The highest BCUT2D eigenvalue weighted by atomic mass is 16.5. The fourth-order valence-electron chi connectivity index (χ4n) is 1.58. The van der Waals surface area contributed by atoms with Gasteiger partial charge >= 0.3 is 5.97 Å². The smallest absolute Gasteiger partial charge is 0.339 e. The fraction of sp³-hybridized carbons (Fsp3) is 0.0714. The van der Waals surface area contributed by atoms with Crippen LogP contribution < -0.4 is 10.5 Å². The molecule has 2 aromatic rings. The van der Waals surface area contributed by atoms with Crippen LogP contribution in [0.2, 0.25) is 0 Å². The molecule has 3 N–H and O–H groups in total. The Labute approximate surface area is 105 Å². The third kappa shape index (κ3) is 2.79. The molecule has 0 saturated heterocycles. The van der Waals surface area contributed by atoms with E-state index in [1.807, 2.05) is 30.3 Å². The Morgan fingerprint density at radius 2 is 1.89 bits per heavy atom. The van der Waals surface area contributed by atoms with Gasteiger partial charge in [-0.15, -0.1) is 0 Å². The first-order valence-corrected chi connectivity index (χ1v) is 5.46. The van der Waals surface area contributed by atoms with Crippen molar-refractivity contribution in [3.05, 3.63) is 59.7 Å². The van der Waals surface area contributed by atoms with Gasteiger partial charge in [0.25, 0.3) is 0 Å². The minimum atomic E-state index is -1.05. The molecule has 0 unspecified atom stereocenters. The molecule has 0 atom stereocenters. The number of benzene rings is 2. The van der Waals surface area contributed by atoms with Crippen molar-refractivity contribution in [3.8, 4) is 5.75 Å². The number of nitrogens with two attached hydrogens (primary N) is 1. The minimum Gasteiger partial charge on any atom is -0.488 e. The van der Waals surface area contributed by atoms with Crippen molar-refractivity contribution in [1.29, 1.82) is 0 Å². The molecular formula is C14H13NO3. The van der Waals surface area contributed by atoms with Crippen LogP contribution in [0.25, 0.3) is 0 Å². The molecule has 2 aromatic carbocycles. The predicted molar refractivity (Wildman–Crippen MR) is 68.6 cm³/mol. The predicted octanol–water partition coefficient (Wildman–Crippen LogP) is 2.55. The molecule has 0 fully saturated rings. The van der Waals surface area contributed by atoms with Crippen molar-refractivity contribution in [1.82, 2.24) is 0 Å². The summed E-state index contributed by atoms with van der Waals surface area (Å²) in [6.07, 6.45) is 0. The highest BCUT2D eigenvalue weighted by molar-refractivity contribution is 5.92. The lowest BCUT2D eigenvalue weighted by Crippen LogP contribution is -2.04. The zero-order valence-corrected chi connectivity index (χ0v) is 9.67. The zero-order valence-electron chi connectivity index (χ0n) is 9.67. The number of carboxylic acid groups (broad SMARTS) is 1. The SMILES string of the molecule is Nc1ccc(OCc2ccccc2)c(C(=O)O)c1. The van der Waals surface area contributed by atoms with Crippen LogP contribution in [0.5, 0.6) is 5.75 Å². The number of nitrogen functional groups attached to an aromatic ring is 1. The van der Waals surface area contributed by atoms with E-state index >= 15 is 0 Å². The second kappa shape index (κ2) is 5.23. The lowest BCUT2D eigenvalue weighted by molar-refractivity contribution is 0.0692. The van der Waals surface area contributed by atoms with Gasteiger partial charge in [-0.3, -0.25) is 0 Å². The molecule has 18 heavy (non-hydrogen) atoms. The second-order valence-electron chi connectivity index (χ2n) is 3.84. The highest BCUT2D eigenvalue weighted by Gasteiger charge is 2.11. The molecule has 0 spiro atoms. The largest absolute Gasteiger partial charge is 0.488 e. The molecule has 92 valence electrons. The summed E-state index contributed by atoms with van der Waals surface area (Å²) in [7, 11) is 0. The van der Waals surface area contributed by atoms with Crippen LogP contribution in [0.15, 0.2) is 48.5 Å². The summed E-state index contributed by atoms with van der Waals surface area (Å²) in [5, 5.41) is 9.05. The molecule has 0 amide bonds. The van der Waals surface area contributed by atoms with Gasteiger partial charge in [0.05, 0.1) is 0 Å². The van der Waals surface area contributed by atoms with E-state index in [2.05, 4.69) is 0 Å². The Hall–Kier alpha value is -2.49. The number of hydrogen-bond donors (Lipinski definition) is 2. The topological polar surface area (TPSA) is 72.5 Å². The molecule has 2 rings (SSSR count). The van der Waals surface area contributed by atoms with Crippen LogP contribution in [0.1, 0.15) is 15.9 Å². The fourth-order valence-corrected chi connectivity index (χ4v) is 1.58. The number of aromatic carboxylic acids is 1. The molecule has 0 heterocycles. The minimum absolute atomic E-state index is 0.0749. The van der Waals surface area contributed by atoms with Crippen LogP contribution in [0.4, 0.5) is 5.69 Å². The summed E-state index contributed by atoms with van der Waals surface area (Å²) in [6, 6.07) is 14.1. The maximum atomic E-state index is 11.0. The monoisotopic (exact) mass is 243 g/mol. The average molecular weight is 243 g/mol. The first-order chi connectivity index (χ1) is 8.66. The first-order valence-electron chi connectivity index (χ1n) is 5.46. The third-order valence-corrected chi connectivity index (χ3v) is 2.47. The van der Waals surface area contributed by atoms with E-state index < -0.39 is 5.97 Å². The normalized spacial score (nSPS) is 10.0. The van der Waals surface area contributed by atoms with Crippen molar-refractivity contribution < 1.29 is 14.6 Å². The molecule has 0 aliphatic rings. The summed E-state index contributed by atoms with van der Waals surface area (Å²) in [4.78, 5) is 11.0. The van der Waals surface area contributed by atoms with Crippen molar-refractivity contribution in [2.45, 2.75) is 6.61 Å². The summed E-state index contributed by atoms with van der Waals surface area (Å²) >= 11 is 0. The van der Waals surface area contributed by atoms with E-state index in [0.717, 1.165) is 5.56 Å². The number of carbonyl (C=O) groups is 1. The van der Waals surface area contributed by atoms with Crippen LogP contribution in [0.3, 0.4) is 0 Å². The van der Waals surface area contributed by atoms with Gasteiger partial charge in [-0.1, -0.05) is 30.3 Å². The Balaban J connectivity index is 2.17. The zero-order chi connectivity index (χ0) is 13.0. The van der Waals surface area contributed by atoms with E-state index in [1.54, 1.807) is 12.1 Å². The van der Waals surface area contributed by atoms with Gasteiger partial charge in [0.1, 0.15) is 17.9 Å². The lowest BCUT2D eigenvalue weighted by Gasteiger charge is -2.09. The molecule has 4 heteroatoms. The van der Waals surface area contributed by atoms with E-state index in [1.165, 1.54) is 6.07 Å². The lowest BCUT2D eigenvalue weighted by atomic mass is 10.2. The number of rotatable bonds is 4. The average Bonchev–Trinajstić information content (AvgIpc) is 2.38. The van der Waals surface area contributed by atoms with Gasteiger partial charge in [-0.05, 0) is 23.8 Å². The van der Waals surface area contributed by atoms with Crippen molar-refractivity contribution in [2.24, 2.45) is 0 Å². The van der Waals surface area contributed by atoms with Crippen molar-refractivity contribution >= 4 is 11.7 Å². The Kier molecular flexibility index (Phi) is 3.48. The molecule has 0 aromatic heterocycles. The first kappa shape index (κ1) is 12.0. The van der Waals surface area contributed by atoms with Gasteiger partial charge in [0.2, 0.25) is 0 Å². The molecule has 0 saturated carbocycles. The van der Waals surface area contributed by atoms with Crippen LogP contribution >= 0.6 is 0 Å². The molecular weight excluding hydrogens is 230 g/mol. The van der Waals surface area contributed by atoms with Gasteiger partial charge in [0, 0.05) is 5.69 Å². The number of anilines is 1. The summed E-state index contributed by atoms with van der Waals surface area (Å²) in [5.41, 5.74) is 7.01. The molecule has 0 bridgehead atoms. The second-order valence-corrected chi connectivity index (χ2v) is 3.84. The Morgan fingerprint density at radius 3 is 2.56 bits per heavy atom. The quantitative estimate of drug-likeness (QED) is 0.809. The van der Waals surface area contributed by atoms with Gasteiger partial charge in [0.15, 0.2) is 0 Å². The van der Waals surface area contributed by atoms with Gasteiger partial charge in [-0.2, -0.15) is 0 Å². The molecule has 0 radical (unpaired) electrons. The summed E-state index contributed by atoms with van der Waals surface area (Å²) in [6.45, 7) is 0.324. The summed E-state index contributed by atoms with van der Waals surface area (Å²) in [5.74, 6) is -0.731. The number of carboxylic acids is 1. The number of hydrogen-bond acceptors (Lipinski definition) is 3. The summed E-state index contributed by atoms with van der Waals surface area (Å²) < 4.78 is 5.50. The van der Waals surface area contributed by atoms with E-state index in [-0.39, 0.29) is 5.56 Å². The van der Waals surface area contributed by atoms with Crippen molar-refractivity contribution in [2.75, 3.05) is 5.73 Å². The van der Waals surface area contributed by atoms with E-state index in [9.17, 15) is 4.79 Å². The van der Waals surface area contributed by atoms with Gasteiger partial charge in [-0.25, -0.2) is 4.79 Å². The standard InChI is InChI=1S/C14H13NO3/c15-11-6-7-13(12(8-11)14(16)17)18-9-10-4-2-1-3-5-10/h1-8H,9,15H2,(H,16,17). The van der Waals surface area contributed by atoms with Crippen LogP contribution in [-0.4, -0.2) is 11.1 Å². The van der Waals surface area contributed by atoms with Crippen LogP contribution in [0, 0.1) is 0 Å². The maximum absolute atomic E-state index is 11.0. The van der Waals surface area contributed by atoms with E-state index in [0.29, 0.717) is 18.0 Å². The molecule has 4 nitrogen and oxygen atoms in total. The highest BCUT2D eigenvalue weighted by Crippen LogP contribution is 2.22. The van der Waals surface area contributed by atoms with Crippen molar-refractivity contribution in [3.63, 3.8) is 0 Å². The Bertz CT molecular complexity index is 552. The van der Waals surface area contributed by atoms with Gasteiger partial charge < -0.3 is 15.6 Å². The maximum Gasteiger partial charge on any atom is 0.339 e. The van der Waals surface area contributed by atoms with Crippen LogP contribution in [-0.2, 0) is 6.61 Å².